The summed E-state index contributed by atoms with van der Waals surface area (Å²) in [4.78, 5) is 14.8. The summed E-state index contributed by atoms with van der Waals surface area (Å²) < 4.78 is 7.37. The van der Waals surface area contributed by atoms with Gasteiger partial charge in [0.25, 0.3) is 5.82 Å². The van der Waals surface area contributed by atoms with E-state index in [9.17, 15) is 4.79 Å². The van der Waals surface area contributed by atoms with Crippen LogP contribution in [0.3, 0.4) is 0 Å². The number of amides is 1. The summed E-state index contributed by atoms with van der Waals surface area (Å²) in [6, 6.07) is 0.151. The monoisotopic (exact) mass is 238 g/mol. The number of aryl methyl sites for hydroxylation is 1. The molecular weight excluding hydrogens is 218 g/mol. The van der Waals surface area contributed by atoms with Crippen LogP contribution in [0.5, 0.6) is 0 Å². The fourth-order valence-corrected chi connectivity index (χ4v) is 2.01. The molecule has 1 aliphatic heterocycles. The minimum atomic E-state index is -0.439. The quantitative estimate of drug-likeness (QED) is 0.721. The first-order chi connectivity index (χ1) is 7.94. The van der Waals surface area contributed by atoms with Crippen molar-refractivity contribution in [3.8, 4) is 0 Å². The van der Waals surface area contributed by atoms with E-state index < -0.39 is 5.60 Å². The minimum Gasteiger partial charge on any atom is -0.444 e. The number of aromatic amines is 1. The number of rotatable bonds is 1. The van der Waals surface area contributed by atoms with Gasteiger partial charge in [-0.05, 0) is 27.2 Å². The molecule has 0 fully saturated rings. The van der Waals surface area contributed by atoms with E-state index >= 15 is 0 Å². The van der Waals surface area contributed by atoms with Crippen LogP contribution in [0.25, 0.3) is 0 Å². The van der Waals surface area contributed by atoms with Gasteiger partial charge in [0, 0.05) is 0 Å². The molecule has 2 heterocycles. The molecule has 0 saturated heterocycles. The van der Waals surface area contributed by atoms with Gasteiger partial charge in [-0.3, -0.25) is 0 Å². The molecule has 0 radical (unpaired) electrons. The zero-order valence-electron chi connectivity index (χ0n) is 10.6. The van der Waals surface area contributed by atoms with Gasteiger partial charge in [-0.15, -0.1) is 0 Å². The van der Waals surface area contributed by atoms with E-state index in [1.807, 2.05) is 33.2 Å². The van der Waals surface area contributed by atoms with Crippen molar-refractivity contribution >= 4 is 6.09 Å². The third kappa shape index (κ3) is 3.22. The van der Waals surface area contributed by atoms with Crippen LogP contribution in [-0.2, 0) is 17.7 Å². The Kier molecular flexibility index (Phi) is 3.09. The lowest BCUT2D eigenvalue weighted by Gasteiger charge is -2.24. The number of nitrogens with zero attached hydrogens (tertiary/aromatic N) is 1. The molecule has 17 heavy (non-hydrogen) atoms. The van der Waals surface area contributed by atoms with E-state index in [2.05, 4.69) is 14.9 Å². The first-order valence-corrected chi connectivity index (χ1v) is 5.99. The van der Waals surface area contributed by atoms with Crippen LogP contribution in [0.15, 0.2) is 12.4 Å². The number of alkyl carbamates (subject to hydrolysis) is 1. The average molecular weight is 238 g/mol. The van der Waals surface area contributed by atoms with Crippen molar-refractivity contribution in [3.05, 3.63) is 18.2 Å². The molecule has 5 nitrogen and oxygen atoms in total. The molecular formula is C12H20N3O2+. The molecule has 5 heteroatoms. The van der Waals surface area contributed by atoms with Crippen LogP contribution in [0, 0.1) is 0 Å². The van der Waals surface area contributed by atoms with Gasteiger partial charge >= 0.3 is 6.09 Å². The zero-order valence-corrected chi connectivity index (χ0v) is 10.6. The summed E-state index contributed by atoms with van der Waals surface area (Å²) in [7, 11) is 0. The topological polar surface area (TPSA) is 58.0 Å². The Labute approximate surface area is 101 Å². The standard InChI is InChI=1S/C12H19N3O2/c1-12(2,3)17-11(16)14-9-4-5-10-13-6-7-15(10)8-9/h6-7,9H,4-5,8H2,1-3H3,(H,14,16)/p+1/t9-/m1/s1. The smallest absolute Gasteiger partial charge is 0.408 e. The number of fused-ring (bicyclic) bond motifs is 1. The lowest BCUT2D eigenvalue weighted by Crippen LogP contribution is -2.53. The molecule has 0 spiro atoms. The summed E-state index contributed by atoms with van der Waals surface area (Å²) >= 11 is 0. The first-order valence-electron chi connectivity index (χ1n) is 5.99. The molecule has 1 aromatic heterocycles. The maximum Gasteiger partial charge on any atom is 0.408 e. The fraction of sp³-hybridized carbons (Fsp3) is 0.667. The molecule has 94 valence electrons. The molecule has 2 N–H and O–H groups in total. The highest BCUT2D eigenvalue weighted by molar-refractivity contribution is 5.68. The van der Waals surface area contributed by atoms with Gasteiger partial charge in [-0.1, -0.05) is 0 Å². The number of hydrogen-bond donors (Lipinski definition) is 2. The Morgan fingerprint density at radius 3 is 3.06 bits per heavy atom. The Morgan fingerprint density at radius 2 is 2.35 bits per heavy atom. The van der Waals surface area contributed by atoms with Gasteiger partial charge in [0.1, 0.15) is 24.5 Å². The summed E-state index contributed by atoms with van der Waals surface area (Å²) in [6.45, 7) is 6.41. The average Bonchev–Trinajstić information content (AvgIpc) is 2.61. The number of nitrogens with one attached hydrogen (secondary N) is 2. The van der Waals surface area contributed by atoms with Gasteiger partial charge in [0.15, 0.2) is 0 Å². The highest BCUT2D eigenvalue weighted by Gasteiger charge is 2.26. The van der Waals surface area contributed by atoms with Crippen LogP contribution in [-0.4, -0.2) is 22.7 Å². The summed E-state index contributed by atoms with van der Waals surface area (Å²) in [5.74, 6) is 1.22. The van der Waals surface area contributed by atoms with Crippen LogP contribution in [0.2, 0.25) is 0 Å². The third-order valence-electron chi connectivity index (χ3n) is 2.72. The molecule has 1 amide bonds. The zero-order chi connectivity index (χ0) is 12.5. The Morgan fingerprint density at radius 1 is 1.59 bits per heavy atom. The van der Waals surface area contributed by atoms with Crippen LogP contribution in [0.4, 0.5) is 4.79 Å². The highest BCUT2D eigenvalue weighted by Crippen LogP contribution is 2.09. The number of aromatic nitrogens is 2. The van der Waals surface area contributed by atoms with Gasteiger partial charge in [0.2, 0.25) is 0 Å². The van der Waals surface area contributed by atoms with E-state index in [0.717, 1.165) is 19.4 Å². The molecule has 0 aromatic carbocycles. The number of carbonyl (C=O) groups excluding carboxylic acids is 1. The number of carbonyl (C=O) groups is 1. The van der Waals surface area contributed by atoms with Crippen LogP contribution >= 0.6 is 0 Å². The number of hydrogen-bond acceptors (Lipinski definition) is 2. The van der Waals surface area contributed by atoms with E-state index in [4.69, 9.17) is 4.74 Å². The lowest BCUT2D eigenvalue weighted by atomic mass is 10.1. The molecule has 1 aliphatic rings. The van der Waals surface area contributed by atoms with E-state index in [-0.39, 0.29) is 12.1 Å². The summed E-state index contributed by atoms with van der Waals surface area (Å²) in [5, 5.41) is 2.91. The van der Waals surface area contributed by atoms with Gasteiger partial charge in [-0.25, -0.2) is 14.3 Å². The molecule has 0 bridgehead atoms. The van der Waals surface area contributed by atoms with E-state index in [1.165, 1.54) is 5.82 Å². The largest absolute Gasteiger partial charge is 0.444 e. The highest BCUT2D eigenvalue weighted by atomic mass is 16.6. The summed E-state index contributed by atoms with van der Waals surface area (Å²) in [6.07, 6.45) is 5.48. The molecule has 1 aromatic rings. The minimum absolute atomic E-state index is 0.151. The Bertz CT molecular complexity index is 406. The number of H-pyrrole nitrogens is 1. The van der Waals surface area contributed by atoms with Crippen molar-refractivity contribution in [2.75, 3.05) is 0 Å². The normalized spacial score (nSPS) is 19.6. The van der Waals surface area contributed by atoms with Crippen molar-refractivity contribution < 1.29 is 14.1 Å². The van der Waals surface area contributed by atoms with Crippen molar-refractivity contribution in [1.82, 2.24) is 10.3 Å². The molecule has 1 atom stereocenters. The van der Waals surface area contributed by atoms with Crippen LogP contribution in [0.1, 0.15) is 33.0 Å². The second-order valence-electron chi connectivity index (χ2n) is 5.44. The van der Waals surface area contributed by atoms with Crippen molar-refractivity contribution in [3.63, 3.8) is 0 Å². The number of ether oxygens (including phenoxy) is 1. The molecule has 2 rings (SSSR count). The van der Waals surface area contributed by atoms with Crippen molar-refractivity contribution in [1.29, 1.82) is 0 Å². The maximum atomic E-state index is 11.6. The third-order valence-corrected chi connectivity index (χ3v) is 2.72. The molecule has 0 saturated carbocycles. The predicted molar refractivity (Wildman–Crippen MR) is 62.5 cm³/mol. The number of imidazole rings is 1. The summed E-state index contributed by atoms with van der Waals surface area (Å²) in [5.41, 5.74) is -0.439. The van der Waals surface area contributed by atoms with E-state index in [1.54, 1.807) is 0 Å². The lowest BCUT2D eigenvalue weighted by molar-refractivity contribution is -0.710. The second-order valence-corrected chi connectivity index (χ2v) is 5.44. The van der Waals surface area contributed by atoms with Crippen LogP contribution < -0.4 is 9.88 Å². The maximum absolute atomic E-state index is 11.6. The Balaban J connectivity index is 1.88. The predicted octanol–water partition coefficient (Wildman–Crippen LogP) is 1.14. The Hall–Kier alpha value is -1.52. The first kappa shape index (κ1) is 12.0. The molecule has 0 aliphatic carbocycles. The second kappa shape index (κ2) is 4.39. The van der Waals surface area contributed by atoms with Gasteiger partial charge in [-0.2, -0.15) is 0 Å². The SMILES string of the molecule is CC(C)(C)OC(=O)N[C@@H]1CCc2[nH]cc[n+]2C1. The fourth-order valence-electron chi connectivity index (χ4n) is 2.01. The van der Waals surface area contributed by atoms with E-state index in [0.29, 0.717) is 0 Å². The van der Waals surface area contributed by atoms with Gasteiger partial charge < -0.3 is 10.1 Å². The van der Waals surface area contributed by atoms with Crippen molar-refractivity contribution in [2.45, 2.75) is 51.8 Å². The van der Waals surface area contributed by atoms with Crippen molar-refractivity contribution in [2.24, 2.45) is 0 Å². The van der Waals surface area contributed by atoms with Gasteiger partial charge in [0.05, 0.1) is 12.5 Å². The molecule has 0 unspecified atom stereocenters.